The average Bonchev–Trinajstić information content (AvgIpc) is 2.88. The zero-order valence-electron chi connectivity index (χ0n) is 11.5. The maximum Gasteiger partial charge on any atom is 0.326 e. The second-order valence-electron chi connectivity index (χ2n) is 5.00. The fourth-order valence-electron chi connectivity index (χ4n) is 2.43. The van der Waals surface area contributed by atoms with Gasteiger partial charge in [0.15, 0.2) is 0 Å². The highest BCUT2D eigenvalue weighted by atomic mass is 16.5. The summed E-state index contributed by atoms with van der Waals surface area (Å²) in [5, 5.41) is 9.04. The Hall–Kier alpha value is -2.04. The van der Waals surface area contributed by atoms with Gasteiger partial charge in [0.05, 0.1) is 13.0 Å². The molecular formula is C15H19NO4. The number of carbonyl (C=O) groups is 2. The normalized spacial score (nSPS) is 18.1. The number of amides is 1. The molecule has 1 saturated heterocycles. The van der Waals surface area contributed by atoms with Crippen LogP contribution < -0.4 is 4.74 Å². The van der Waals surface area contributed by atoms with Crippen molar-refractivity contribution in [2.24, 2.45) is 0 Å². The third-order valence-corrected chi connectivity index (χ3v) is 3.43. The number of carbonyl (C=O) groups excluding carboxylic acids is 1. The van der Waals surface area contributed by atoms with E-state index in [0.717, 1.165) is 17.7 Å². The Morgan fingerprint density at radius 1 is 1.45 bits per heavy atom. The van der Waals surface area contributed by atoms with Crippen molar-refractivity contribution < 1.29 is 19.4 Å². The molecule has 1 aliphatic rings. The van der Waals surface area contributed by atoms with Gasteiger partial charge in [-0.25, -0.2) is 4.79 Å². The van der Waals surface area contributed by atoms with Gasteiger partial charge in [0.1, 0.15) is 11.8 Å². The van der Waals surface area contributed by atoms with Gasteiger partial charge < -0.3 is 14.7 Å². The number of hydrogen-bond acceptors (Lipinski definition) is 3. The van der Waals surface area contributed by atoms with Gasteiger partial charge in [0.25, 0.3) is 0 Å². The molecule has 108 valence electrons. The summed E-state index contributed by atoms with van der Waals surface area (Å²) in [5.74, 6) is -0.341. The highest BCUT2D eigenvalue weighted by Gasteiger charge is 2.33. The maximum absolute atomic E-state index is 12.0. The summed E-state index contributed by atoms with van der Waals surface area (Å²) in [7, 11) is 0. The molecule has 1 fully saturated rings. The summed E-state index contributed by atoms with van der Waals surface area (Å²) in [6.45, 7) is 2.77. The summed E-state index contributed by atoms with van der Waals surface area (Å²) in [6.07, 6.45) is 1.50. The molecule has 5 nitrogen and oxygen atoms in total. The molecule has 1 N–H and O–H groups in total. The van der Waals surface area contributed by atoms with Gasteiger partial charge in [-0.3, -0.25) is 4.79 Å². The van der Waals surface area contributed by atoms with E-state index in [1.165, 1.54) is 4.90 Å². The van der Waals surface area contributed by atoms with Gasteiger partial charge in [-0.15, -0.1) is 0 Å². The smallest absolute Gasteiger partial charge is 0.326 e. The van der Waals surface area contributed by atoms with Crippen molar-refractivity contribution in [1.82, 2.24) is 4.90 Å². The number of nitrogens with zero attached hydrogens (tertiary/aromatic N) is 1. The van der Waals surface area contributed by atoms with Crippen molar-refractivity contribution in [3.63, 3.8) is 0 Å². The number of carboxylic acid groups (broad SMARTS) is 1. The summed E-state index contributed by atoms with van der Waals surface area (Å²) in [6, 6.07) is 6.95. The first-order chi connectivity index (χ1) is 9.58. The third-order valence-electron chi connectivity index (χ3n) is 3.43. The van der Waals surface area contributed by atoms with Crippen LogP contribution in [0.2, 0.25) is 0 Å². The Balaban J connectivity index is 1.82. The van der Waals surface area contributed by atoms with E-state index in [1.807, 2.05) is 31.2 Å². The second kappa shape index (κ2) is 6.41. The van der Waals surface area contributed by atoms with Crippen LogP contribution in [0.4, 0.5) is 0 Å². The first-order valence-corrected chi connectivity index (χ1v) is 6.79. The molecule has 1 aromatic rings. The molecule has 0 saturated carbocycles. The highest BCUT2D eigenvalue weighted by Crippen LogP contribution is 2.19. The van der Waals surface area contributed by atoms with Crippen molar-refractivity contribution in [2.45, 2.75) is 32.2 Å². The monoisotopic (exact) mass is 277 g/mol. The molecule has 0 radical (unpaired) electrons. The molecule has 1 amide bonds. The van der Waals surface area contributed by atoms with Crippen LogP contribution in [0.15, 0.2) is 24.3 Å². The van der Waals surface area contributed by atoms with E-state index in [9.17, 15) is 9.59 Å². The van der Waals surface area contributed by atoms with Crippen LogP contribution in [-0.2, 0) is 9.59 Å². The van der Waals surface area contributed by atoms with E-state index in [0.29, 0.717) is 13.0 Å². The standard InChI is InChI=1S/C15H19NO4/c1-11-4-2-5-12(10-11)20-9-7-14(17)16-8-3-6-13(16)15(18)19/h2,4-5,10,13H,3,6-9H2,1H3,(H,18,19). The first kappa shape index (κ1) is 14.4. The fraction of sp³-hybridized carbons (Fsp3) is 0.467. The molecule has 0 aliphatic carbocycles. The molecule has 0 aromatic heterocycles. The maximum atomic E-state index is 12.0. The Kier molecular flexibility index (Phi) is 4.61. The SMILES string of the molecule is Cc1cccc(OCCC(=O)N2CCCC2C(=O)O)c1. The number of carboxylic acids is 1. The number of hydrogen-bond donors (Lipinski definition) is 1. The van der Waals surface area contributed by atoms with Crippen molar-refractivity contribution in [3.8, 4) is 5.75 Å². The van der Waals surface area contributed by atoms with Gasteiger partial charge in [-0.1, -0.05) is 12.1 Å². The number of aryl methyl sites for hydroxylation is 1. The van der Waals surface area contributed by atoms with Crippen molar-refractivity contribution >= 4 is 11.9 Å². The lowest BCUT2D eigenvalue weighted by Crippen LogP contribution is -2.40. The molecular weight excluding hydrogens is 258 g/mol. The Morgan fingerprint density at radius 3 is 2.95 bits per heavy atom. The molecule has 1 aliphatic heterocycles. The number of aliphatic carboxylic acids is 1. The zero-order chi connectivity index (χ0) is 14.5. The number of rotatable bonds is 5. The van der Waals surface area contributed by atoms with E-state index >= 15 is 0 Å². The van der Waals surface area contributed by atoms with Crippen LogP contribution in [0.1, 0.15) is 24.8 Å². The molecule has 2 rings (SSSR count). The largest absolute Gasteiger partial charge is 0.493 e. The minimum absolute atomic E-state index is 0.150. The van der Waals surface area contributed by atoms with Crippen molar-refractivity contribution in [1.29, 1.82) is 0 Å². The summed E-state index contributed by atoms with van der Waals surface area (Å²) < 4.78 is 5.52. The number of ether oxygens (including phenoxy) is 1. The molecule has 5 heteroatoms. The summed E-state index contributed by atoms with van der Waals surface area (Å²) >= 11 is 0. The molecule has 1 aromatic carbocycles. The quantitative estimate of drug-likeness (QED) is 0.891. The second-order valence-corrected chi connectivity index (χ2v) is 5.00. The van der Waals surface area contributed by atoms with Crippen LogP contribution in [0, 0.1) is 6.92 Å². The van der Waals surface area contributed by atoms with Crippen LogP contribution in [0.3, 0.4) is 0 Å². The number of benzene rings is 1. The molecule has 1 atom stereocenters. The third kappa shape index (κ3) is 3.50. The lowest BCUT2D eigenvalue weighted by atomic mass is 10.2. The fourth-order valence-corrected chi connectivity index (χ4v) is 2.43. The van der Waals surface area contributed by atoms with E-state index in [1.54, 1.807) is 0 Å². The number of likely N-dealkylation sites (tertiary alicyclic amines) is 1. The molecule has 1 unspecified atom stereocenters. The van der Waals surface area contributed by atoms with E-state index in [-0.39, 0.29) is 18.9 Å². The summed E-state index contributed by atoms with van der Waals surface area (Å²) in [4.78, 5) is 24.5. The van der Waals surface area contributed by atoms with Crippen molar-refractivity contribution in [3.05, 3.63) is 29.8 Å². The van der Waals surface area contributed by atoms with E-state index < -0.39 is 12.0 Å². The lowest BCUT2D eigenvalue weighted by Gasteiger charge is -2.21. The first-order valence-electron chi connectivity index (χ1n) is 6.79. The minimum Gasteiger partial charge on any atom is -0.493 e. The molecule has 0 bridgehead atoms. The predicted molar refractivity (Wildman–Crippen MR) is 73.7 cm³/mol. The molecule has 20 heavy (non-hydrogen) atoms. The van der Waals surface area contributed by atoms with Crippen LogP contribution in [0.25, 0.3) is 0 Å². The molecule has 1 heterocycles. The van der Waals surface area contributed by atoms with Gasteiger partial charge in [-0.2, -0.15) is 0 Å². The Labute approximate surface area is 118 Å². The molecule has 0 spiro atoms. The minimum atomic E-state index is -0.921. The van der Waals surface area contributed by atoms with Gasteiger partial charge in [0.2, 0.25) is 5.91 Å². The van der Waals surface area contributed by atoms with Gasteiger partial charge in [-0.05, 0) is 37.5 Å². The van der Waals surface area contributed by atoms with Gasteiger partial charge in [0, 0.05) is 6.54 Å². The Morgan fingerprint density at radius 2 is 2.25 bits per heavy atom. The van der Waals surface area contributed by atoms with E-state index in [2.05, 4.69) is 0 Å². The van der Waals surface area contributed by atoms with Gasteiger partial charge >= 0.3 is 5.97 Å². The topological polar surface area (TPSA) is 66.8 Å². The van der Waals surface area contributed by atoms with E-state index in [4.69, 9.17) is 9.84 Å². The van der Waals surface area contributed by atoms with Crippen LogP contribution >= 0.6 is 0 Å². The average molecular weight is 277 g/mol. The zero-order valence-corrected chi connectivity index (χ0v) is 11.5. The highest BCUT2D eigenvalue weighted by molar-refractivity contribution is 5.84. The summed E-state index contributed by atoms with van der Waals surface area (Å²) in [5.41, 5.74) is 1.10. The lowest BCUT2D eigenvalue weighted by molar-refractivity contribution is -0.148. The van der Waals surface area contributed by atoms with Crippen molar-refractivity contribution in [2.75, 3.05) is 13.2 Å². The van der Waals surface area contributed by atoms with Crippen LogP contribution in [0.5, 0.6) is 5.75 Å². The predicted octanol–water partition coefficient (Wildman–Crippen LogP) is 1.84. The van der Waals surface area contributed by atoms with Crippen LogP contribution in [-0.4, -0.2) is 41.1 Å². The Bertz CT molecular complexity index is 500.